The lowest BCUT2D eigenvalue weighted by Gasteiger charge is -2.21. The van der Waals surface area contributed by atoms with Crippen molar-refractivity contribution in [1.29, 1.82) is 0 Å². The molecule has 0 fully saturated rings. The first-order chi connectivity index (χ1) is 12.9. The zero-order valence-corrected chi connectivity index (χ0v) is 19.1. The third-order valence-corrected chi connectivity index (χ3v) is 6.96. The van der Waals surface area contributed by atoms with Crippen LogP contribution in [0.1, 0.15) is 71.4 Å². The van der Waals surface area contributed by atoms with Crippen molar-refractivity contribution in [3.8, 4) is 0 Å². The number of aliphatic hydroxyl groups is 1. The fraction of sp³-hybridized carbons (Fsp3) is 0.550. The van der Waals surface area contributed by atoms with E-state index in [1.54, 1.807) is 19.9 Å². The van der Waals surface area contributed by atoms with Crippen molar-refractivity contribution in [2.75, 3.05) is 5.32 Å². The molecule has 1 atom stereocenters. The van der Waals surface area contributed by atoms with Crippen LogP contribution in [0.25, 0.3) is 0 Å². The minimum Gasteiger partial charge on any atom is -0.385 e. The molecule has 0 saturated carbocycles. The molecule has 4 N–H and O–H groups in total. The fourth-order valence-electron chi connectivity index (χ4n) is 3.17. The van der Waals surface area contributed by atoms with Gasteiger partial charge in [0.2, 0.25) is 0 Å². The highest BCUT2D eigenvalue weighted by molar-refractivity contribution is 8.18. The van der Waals surface area contributed by atoms with E-state index < -0.39 is 11.6 Å². The van der Waals surface area contributed by atoms with Gasteiger partial charge in [-0.3, -0.25) is 4.72 Å². The average molecular weight is 428 g/mol. The Morgan fingerprint density at radius 1 is 1.29 bits per heavy atom. The highest BCUT2D eigenvalue weighted by Crippen LogP contribution is 2.41. The zero-order chi connectivity index (χ0) is 21.2. The Kier molecular flexibility index (Phi) is 7.33. The first-order valence-corrected chi connectivity index (χ1v) is 11.1. The Labute approximate surface area is 175 Å². The van der Waals surface area contributed by atoms with Crippen LogP contribution in [0.4, 0.5) is 14.9 Å². The first kappa shape index (κ1) is 22.9. The smallest absolute Gasteiger partial charge is 0.329 e. The van der Waals surface area contributed by atoms with Gasteiger partial charge in [0.1, 0.15) is 10.5 Å². The zero-order valence-electron chi connectivity index (χ0n) is 17.4. The summed E-state index contributed by atoms with van der Waals surface area (Å²) in [6.45, 7) is 13.2. The first-order valence-electron chi connectivity index (χ1n) is 9.33. The highest BCUT2D eigenvalue weighted by atomic mass is 32.2. The summed E-state index contributed by atoms with van der Waals surface area (Å²) < 4.78 is 17.0. The molecule has 1 aromatic carbocycles. The molecule has 0 spiro atoms. The molecule has 156 valence electrons. The van der Waals surface area contributed by atoms with Gasteiger partial charge in [0.05, 0.1) is 11.3 Å². The normalized spacial score (nSPS) is 17.3. The highest BCUT2D eigenvalue weighted by Gasteiger charge is 2.32. The van der Waals surface area contributed by atoms with Crippen molar-refractivity contribution >= 4 is 35.4 Å². The van der Waals surface area contributed by atoms with E-state index in [1.807, 2.05) is 34.6 Å². The van der Waals surface area contributed by atoms with Crippen molar-refractivity contribution in [2.45, 2.75) is 70.6 Å². The van der Waals surface area contributed by atoms with Crippen LogP contribution in [0.5, 0.6) is 0 Å². The number of rotatable bonds is 6. The van der Waals surface area contributed by atoms with Gasteiger partial charge in [-0.25, -0.2) is 9.18 Å². The maximum atomic E-state index is 14.4. The number of urea groups is 1. The van der Waals surface area contributed by atoms with E-state index in [-0.39, 0.29) is 22.4 Å². The van der Waals surface area contributed by atoms with E-state index >= 15 is 0 Å². The molecule has 28 heavy (non-hydrogen) atoms. The molecule has 0 saturated heterocycles. The van der Waals surface area contributed by atoms with Gasteiger partial charge < -0.3 is 15.7 Å². The van der Waals surface area contributed by atoms with E-state index in [1.165, 1.54) is 29.8 Å². The van der Waals surface area contributed by atoms with Gasteiger partial charge in [-0.05, 0) is 56.2 Å². The second kappa shape index (κ2) is 8.97. The number of carbonyl (C=O) groups excluding carboxylic acids is 1. The maximum Gasteiger partial charge on any atom is 0.329 e. The van der Waals surface area contributed by atoms with E-state index in [2.05, 4.69) is 15.4 Å². The van der Waals surface area contributed by atoms with Gasteiger partial charge in [0, 0.05) is 16.2 Å². The van der Waals surface area contributed by atoms with Gasteiger partial charge >= 0.3 is 6.03 Å². The van der Waals surface area contributed by atoms with Crippen LogP contribution in [-0.4, -0.2) is 21.4 Å². The van der Waals surface area contributed by atoms with Crippen LogP contribution in [-0.2, 0) is 0 Å². The Hall–Kier alpha value is -1.38. The number of benzene rings is 1. The van der Waals surface area contributed by atoms with Crippen molar-refractivity contribution in [2.24, 2.45) is 0 Å². The van der Waals surface area contributed by atoms with Crippen molar-refractivity contribution in [1.82, 2.24) is 10.0 Å². The molecule has 8 heteroatoms. The Bertz CT molecular complexity index is 773. The molecule has 0 aromatic heterocycles. The number of carbonyl (C=O) groups is 1. The number of anilines is 1. The molecule has 0 aliphatic carbocycles. The summed E-state index contributed by atoms with van der Waals surface area (Å²) in [5.74, 6) is -0.228. The second-order valence-corrected chi connectivity index (χ2v) is 10.3. The molecule has 1 aromatic rings. The minimum atomic E-state index is -0.931. The summed E-state index contributed by atoms with van der Waals surface area (Å²) in [4.78, 5) is 13.4. The van der Waals surface area contributed by atoms with Gasteiger partial charge in [-0.15, -0.1) is 0 Å². The van der Waals surface area contributed by atoms with Crippen molar-refractivity contribution in [3.05, 3.63) is 39.7 Å². The Morgan fingerprint density at radius 2 is 1.93 bits per heavy atom. The number of nitrogens with one attached hydrogen (secondary N) is 3. The summed E-state index contributed by atoms with van der Waals surface area (Å²) in [5, 5.41) is 16.3. The molecule has 1 heterocycles. The predicted octanol–water partition coefficient (Wildman–Crippen LogP) is 5.46. The Balaban J connectivity index is 2.08. The largest absolute Gasteiger partial charge is 0.385 e. The minimum absolute atomic E-state index is 0.0603. The number of hydrogen-bond acceptors (Lipinski definition) is 5. The van der Waals surface area contributed by atoms with E-state index in [0.29, 0.717) is 11.3 Å². The topological polar surface area (TPSA) is 73.4 Å². The number of thioether (sulfide) groups is 1. The average Bonchev–Trinajstić information content (AvgIpc) is 2.93. The van der Waals surface area contributed by atoms with Crippen molar-refractivity contribution in [3.63, 3.8) is 0 Å². The molecular formula is C20H30FN3O2S2. The SMILES string of the molecule is CC1=C(C(C)(C)O)SC(SNC(=O)Nc2c(C(C)C)ccc(F)c2C(C)C)N1. The molecule has 2 amide bonds. The number of amides is 2. The summed E-state index contributed by atoms with van der Waals surface area (Å²) >= 11 is 2.68. The molecular weight excluding hydrogens is 397 g/mol. The summed E-state index contributed by atoms with van der Waals surface area (Å²) in [7, 11) is 0. The van der Waals surface area contributed by atoms with Gasteiger partial charge in [0.15, 0.2) is 0 Å². The predicted molar refractivity (Wildman–Crippen MR) is 118 cm³/mol. The molecule has 1 unspecified atom stereocenters. The van der Waals surface area contributed by atoms with Gasteiger partial charge in [0.25, 0.3) is 0 Å². The number of halogens is 1. The monoisotopic (exact) mass is 427 g/mol. The van der Waals surface area contributed by atoms with Crippen LogP contribution in [0.15, 0.2) is 22.7 Å². The van der Waals surface area contributed by atoms with E-state index in [4.69, 9.17) is 0 Å². The fourth-order valence-corrected chi connectivity index (χ4v) is 5.27. The molecule has 2 rings (SSSR count). The number of hydrogen-bond donors (Lipinski definition) is 4. The lowest BCUT2D eigenvalue weighted by molar-refractivity contribution is 0.128. The van der Waals surface area contributed by atoms with E-state index in [9.17, 15) is 14.3 Å². The van der Waals surface area contributed by atoms with Crippen LogP contribution >= 0.6 is 23.7 Å². The van der Waals surface area contributed by atoms with Crippen LogP contribution in [0.2, 0.25) is 0 Å². The maximum absolute atomic E-state index is 14.4. The molecule has 1 aliphatic rings. The summed E-state index contributed by atoms with van der Waals surface area (Å²) in [6.07, 6.45) is 0. The third kappa shape index (κ3) is 5.36. The lowest BCUT2D eigenvalue weighted by atomic mass is 9.92. The van der Waals surface area contributed by atoms with Crippen LogP contribution < -0.4 is 15.4 Å². The van der Waals surface area contributed by atoms with Crippen molar-refractivity contribution < 1.29 is 14.3 Å². The van der Waals surface area contributed by atoms with Crippen LogP contribution in [0.3, 0.4) is 0 Å². The number of allylic oxidation sites excluding steroid dienone is 1. The molecule has 1 aliphatic heterocycles. The standard InChI is InChI=1S/C20H30FN3O2S2/c1-10(2)13-8-9-14(21)15(11(3)4)16(13)23-18(25)24-28-19-22-12(5)17(27-19)20(6,7)26/h8-11,19,22,26H,1-7H3,(H2,23,24,25). The molecule has 5 nitrogen and oxygen atoms in total. The quantitative estimate of drug-likeness (QED) is 0.454. The van der Waals surface area contributed by atoms with Crippen LogP contribution in [0, 0.1) is 5.82 Å². The summed E-state index contributed by atoms with van der Waals surface area (Å²) in [5.41, 5.74) is 1.93. The lowest BCUT2D eigenvalue weighted by Crippen LogP contribution is -2.29. The molecule has 0 bridgehead atoms. The third-order valence-electron chi connectivity index (χ3n) is 4.38. The second-order valence-electron chi connectivity index (χ2n) is 8.02. The summed E-state index contributed by atoms with van der Waals surface area (Å²) in [6, 6.07) is 2.79. The Morgan fingerprint density at radius 3 is 2.43 bits per heavy atom. The van der Waals surface area contributed by atoms with Gasteiger partial charge in [-0.1, -0.05) is 45.5 Å². The van der Waals surface area contributed by atoms with Gasteiger partial charge in [-0.2, -0.15) is 0 Å². The molecule has 0 radical (unpaired) electrons. The van der Waals surface area contributed by atoms with E-state index in [0.717, 1.165) is 16.2 Å².